The number of hydrogen-bond donors (Lipinski definition) is 3. The average molecular weight is 369 g/mol. The molecule has 1 fully saturated rings. The van der Waals surface area contributed by atoms with Gasteiger partial charge in [-0.3, -0.25) is 4.79 Å². The van der Waals surface area contributed by atoms with Gasteiger partial charge in [0, 0.05) is 24.5 Å². The second-order valence-electron chi connectivity index (χ2n) is 6.20. The minimum Gasteiger partial charge on any atom is -0.496 e. The third kappa shape index (κ3) is 5.21. The van der Waals surface area contributed by atoms with Crippen molar-refractivity contribution in [1.82, 2.24) is 5.32 Å². The van der Waals surface area contributed by atoms with Crippen molar-refractivity contribution in [2.45, 2.75) is 18.9 Å². The predicted octanol–water partition coefficient (Wildman–Crippen LogP) is 3.25. The Morgan fingerprint density at radius 2 is 1.78 bits per heavy atom. The van der Waals surface area contributed by atoms with Crippen LogP contribution >= 0.6 is 0 Å². The number of urea groups is 1. The van der Waals surface area contributed by atoms with Gasteiger partial charge in [-0.1, -0.05) is 12.1 Å². The molecule has 2 aromatic rings. The number of nitrogens with one attached hydrogen (secondary N) is 3. The largest absolute Gasteiger partial charge is 0.496 e. The van der Waals surface area contributed by atoms with Crippen molar-refractivity contribution in [1.29, 1.82) is 0 Å². The number of benzene rings is 2. The molecule has 0 saturated carbocycles. The number of carbonyl (C=O) groups is 2. The van der Waals surface area contributed by atoms with Crippen LogP contribution < -0.4 is 20.7 Å². The highest BCUT2D eigenvalue weighted by Gasteiger charge is 2.16. The highest BCUT2D eigenvalue weighted by molar-refractivity contribution is 6.06. The zero-order valence-corrected chi connectivity index (χ0v) is 15.2. The Morgan fingerprint density at radius 1 is 1.07 bits per heavy atom. The maximum absolute atomic E-state index is 12.4. The number of ether oxygens (including phenoxy) is 2. The first kappa shape index (κ1) is 18.7. The minimum atomic E-state index is -0.281. The first-order chi connectivity index (χ1) is 13.2. The van der Waals surface area contributed by atoms with Gasteiger partial charge in [0.15, 0.2) is 0 Å². The summed E-state index contributed by atoms with van der Waals surface area (Å²) in [6.07, 6.45) is 2.11. The van der Waals surface area contributed by atoms with E-state index in [0.29, 0.717) is 29.2 Å². The van der Waals surface area contributed by atoms with Gasteiger partial charge >= 0.3 is 6.03 Å². The summed E-state index contributed by atoms with van der Waals surface area (Å²) < 4.78 is 10.7. The molecule has 1 aliphatic heterocycles. The molecule has 3 N–H and O–H groups in total. The molecule has 0 aromatic heterocycles. The van der Waals surface area contributed by atoms with E-state index in [1.54, 1.807) is 48.5 Å². The molecule has 0 bridgehead atoms. The lowest BCUT2D eigenvalue weighted by Crippen LogP contribution is -2.35. The van der Waals surface area contributed by atoms with Crippen molar-refractivity contribution in [3.05, 3.63) is 54.1 Å². The Labute approximate surface area is 158 Å². The normalized spacial score (nSPS) is 15.8. The summed E-state index contributed by atoms with van der Waals surface area (Å²) in [5, 5.41) is 8.37. The number of hydrogen-bond acceptors (Lipinski definition) is 4. The van der Waals surface area contributed by atoms with Crippen molar-refractivity contribution in [2.75, 3.05) is 30.9 Å². The predicted molar refractivity (Wildman–Crippen MR) is 103 cm³/mol. The molecule has 7 nitrogen and oxygen atoms in total. The molecule has 2 aromatic carbocycles. The summed E-state index contributed by atoms with van der Waals surface area (Å²) in [6, 6.07) is 13.6. The van der Waals surface area contributed by atoms with Crippen LogP contribution in [-0.2, 0) is 4.74 Å². The molecule has 3 amide bonds. The topological polar surface area (TPSA) is 88.7 Å². The number of methoxy groups -OCH3 is 1. The van der Waals surface area contributed by atoms with Crippen molar-refractivity contribution in [2.24, 2.45) is 0 Å². The Balaban J connectivity index is 1.52. The van der Waals surface area contributed by atoms with E-state index in [4.69, 9.17) is 9.47 Å². The molecule has 0 radical (unpaired) electrons. The fourth-order valence-electron chi connectivity index (χ4n) is 2.85. The lowest BCUT2D eigenvalue weighted by molar-refractivity contribution is 0.102. The van der Waals surface area contributed by atoms with Gasteiger partial charge in [-0.15, -0.1) is 0 Å². The molecule has 1 unspecified atom stereocenters. The molecule has 3 rings (SSSR count). The zero-order valence-electron chi connectivity index (χ0n) is 15.2. The van der Waals surface area contributed by atoms with Gasteiger partial charge in [0.1, 0.15) is 5.75 Å². The van der Waals surface area contributed by atoms with Crippen molar-refractivity contribution >= 4 is 23.3 Å². The molecular formula is C20H23N3O4. The fourth-order valence-corrected chi connectivity index (χ4v) is 2.85. The Kier molecular flexibility index (Phi) is 6.27. The Hall–Kier alpha value is -3.06. The van der Waals surface area contributed by atoms with Crippen LogP contribution in [0.2, 0.25) is 0 Å². The standard InChI is InChI=1S/C20H23N3O4/c1-26-18-7-3-2-6-17(18)19(24)22-14-8-10-15(11-9-14)23-20(25)21-13-16-5-4-12-27-16/h2-3,6-11,16H,4-5,12-13H2,1H3,(H,22,24)(H2,21,23,25). The first-order valence-corrected chi connectivity index (χ1v) is 8.86. The van der Waals surface area contributed by atoms with E-state index >= 15 is 0 Å². The Bertz CT molecular complexity index is 786. The SMILES string of the molecule is COc1ccccc1C(=O)Nc1ccc(NC(=O)NCC2CCCO2)cc1. The lowest BCUT2D eigenvalue weighted by Gasteiger charge is -2.12. The molecule has 1 aliphatic rings. The maximum Gasteiger partial charge on any atom is 0.319 e. The van der Waals surface area contributed by atoms with Crippen LogP contribution in [0.1, 0.15) is 23.2 Å². The van der Waals surface area contributed by atoms with Gasteiger partial charge < -0.3 is 25.4 Å². The van der Waals surface area contributed by atoms with Gasteiger partial charge in [-0.25, -0.2) is 4.79 Å². The summed E-state index contributed by atoms with van der Waals surface area (Å²) in [5.74, 6) is 0.249. The molecule has 27 heavy (non-hydrogen) atoms. The molecule has 0 aliphatic carbocycles. The maximum atomic E-state index is 12.4. The average Bonchev–Trinajstić information content (AvgIpc) is 3.21. The van der Waals surface area contributed by atoms with Gasteiger partial charge in [-0.2, -0.15) is 0 Å². The van der Waals surface area contributed by atoms with E-state index < -0.39 is 0 Å². The van der Waals surface area contributed by atoms with E-state index in [1.807, 2.05) is 0 Å². The molecule has 142 valence electrons. The fraction of sp³-hybridized carbons (Fsp3) is 0.300. The van der Waals surface area contributed by atoms with E-state index in [1.165, 1.54) is 7.11 Å². The van der Waals surface area contributed by atoms with Gasteiger partial charge in [-0.05, 0) is 49.2 Å². The van der Waals surface area contributed by atoms with Crippen LogP contribution in [0, 0.1) is 0 Å². The van der Waals surface area contributed by atoms with Gasteiger partial charge in [0.05, 0.1) is 18.8 Å². The van der Waals surface area contributed by atoms with Crippen LogP contribution in [0.25, 0.3) is 0 Å². The van der Waals surface area contributed by atoms with Crippen LogP contribution in [0.3, 0.4) is 0 Å². The van der Waals surface area contributed by atoms with E-state index in [0.717, 1.165) is 19.4 Å². The van der Waals surface area contributed by atoms with Crippen LogP contribution in [0.5, 0.6) is 5.75 Å². The summed E-state index contributed by atoms with van der Waals surface area (Å²) in [7, 11) is 1.52. The summed E-state index contributed by atoms with van der Waals surface area (Å²) in [6.45, 7) is 1.26. The summed E-state index contributed by atoms with van der Waals surface area (Å²) in [4.78, 5) is 24.3. The van der Waals surface area contributed by atoms with Crippen molar-refractivity contribution in [3.8, 4) is 5.75 Å². The number of anilines is 2. The molecule has 7 heteroatoms. The van der Waals surface area contributed by atoms with Crippen molar-refractivity contribution in [3.63, 3.8) is 0 Å². The lowest BCUT2D eigenvalue weighted by atomic mass is 10.2. The summed E-state index contributed by atoms with van der Waals surface area (Å²) >= 11 is 0. The van der Waals surface area contributed by atoms with E-state index in [9.17, 15) is 9.59 Å². The quantitative estimate of drug-likeness (QED) is 0.729. The third-order valence-electron chi connectivity index (χ3n) is 4.27. The molecule has 1 saturated heterocycles. The third-order valence-corrected chi connectivity index (χ3v) is 4.27. The molecule has 0 spiro atoms. The molecule has 1 atom stereocenters. The highest BCUT2D eigenvalue weighted by atomic mass is 16.5. The minimum absolute atomic E-state index is 0.100. The second kappa shape index (κ2) is 9.05. The van der Waals surface area contributed by atoms with Crippen LogP contribution in [0.15, 0.2) is 48.5 Å². The zero-order chi connectivity index (χ0) is 19.1. The summed E-state index contributed by atoms with van der Waals surface area (Å²) in [5.41, 5.74) is 1.71. The van der Waals surface area contributed by atoms with Gasteiger partial charge in [0.25, 0.3) is 5.91 Å². The number of para-hydroxylation sites is 1. The number of rotatable bonds is 6. The Morgan fingerprint density at radius 3 is 2.44 bits per heavy atom. The number of amides is 3. The van der Waals surface area contributed by atoms with Crippen molar-refractivity contribution < 1.29 is 19.1 Å². The number of carbonyl (C=O) groups excluding carboxylic acids is 2. The molecule has 1 heterocycles. The first-order valence-electron chi connectivity index (χ1n) is 8.86. The van der Waals surface area contributed by atoms with Gasteiger partial charge in [0.2, 0.25) is 0 Å². The smallest absolute Gasteiger partial charge is 0.319 e. The monoisotopic (exact) mass is 369 g/mol. The second-order valence-corrected chi connectivity index (χ2v) is 6.20. The highest BCUT2D eigenvalue weighted by Crippen LogP contribution is 2.20. The van der Waals surface area contributed by atoms with E-state index in [-0.39, 0.29) is 18.0 Å². The van der Waals surface area contributed by atoms with Crippen LogP contribution in [0.4, 0.5) is 16.2 Å². The molecular weight excluding hydrogens is 346 g/mol. The van der Waals surface area contributed by atoms with E-state index in [2.05, 4.69) is 16.0 Å². The van der Waals surface area contributed by atoms with Crippen LogP contribution in [-0.4, -0.2) is 38.3 Å².